The van der Waals surface area contributed by atoms with Crippen LogP contribution in [0, 0.1) is 6.92 Å². The molecule has 2 rings (SSSR count). The fraction of sp³-hybridized carbons (Fsp3) is 0.556. The van der Waals surface area contributed by atoms with Crippen LogP contribution in [0.25, 0.3) is 0 Å². The van der Waals surface area contributed by atoms with Crippen LogP contribution < -0.4 is 10.6 Å². The number of carbonyl (C=O) groups is 2. The number of sulfonamides is 1. The molecule has 1 atom stereocenters. The van der Waals surface area contributed by atoms with E-state index in [1.54, 1.807) is 24.3 Å². The third-order valence-corrected chi connectivity index (χ3v) is 6.18. The van der Waals surface area contributed by atoms with E-state index >= 15 is 0 Å². The van der Waals surface area contributed by atoms with Crippen molar-refractivity contribution in [3.8, 4) is 0 Å². The minimum absolute atomic E-state index is 0.102. The summed E-state index contributed by atoms with van der Waals surface area (Å²) in [6.07, 6.45) is -0.128. The SMILES string of the molecule is Cc1ccc(S(=O)(=O)N2CCOC2CNC(=O)C(=O)NCCCN(C)C)cc1. The fourth-order valence-corrected chi connectivity index (χ4v) is 4.24. The average Bonchev–Trinajstić information content (AvgIpc) is 3.12. The van der Waals surface area contributed by atoms with Crippen LogP contribution in [0.15, 0.2) is 29.2 Å². The van der Waals surface area contributed by atoms with Gasteiger partial charge in [-0.25, -0.2) is 8.42 Å². The largest absolute Gasteiger partial charge is 0.359 e. The summed E-state index contributed by atoms with van der Waals surface area (Å²) in [7, 11) is 0.0996. The molecular weight excluding hydrogens is 384 g/mol. The van der Waals surface area contributed by atoms with Gasteiger partial charge >= 0.3 is 11.8 Å². The first-order chi connectivity index (χ1) is 13.2. The van der Waals surface area contributed by atoms with E-state index in [-0.39, 0.29) is 24.6 Å². The zero-order chi connectivity index (χ0) is 20.7. The van der Waals surface area contributed by atoms with Crippen molar-refractivity contribution in [1.29, 1.82) is 0 Å². The minimum Gasteiger partial charge on any atom is -0.359 e. The van der Waals surface area contributed by atoms with Gasteiger partial charge in [0.25, 0.3) is 0 Å². The Labute approximate surface area is 166 Å². The molecule has 2 amide bonds. The number of nitrogens with zero attached hydrogens (tertiary/aromatic N) is 2. The van der Waals surface area contributed by atoms with E-state index in [1.165, 1.54) is 4.31 Å². The van der Waals surface area contributed by atoms with Gasteiger partial charge < -0.3 is 20.3 Å². The molecule has 1 aliphatic heterocycles. The summed E-state index contributed by atoms with van der Waals surface area (Å²) in [4.78, 5) is 25.9. The molecule has 0 aromatic heterocycles. The van der Waals surface area contributed by atoms with Gasteiger partial charge in [-0.15, -0.1) is 0 Å². The van der Waals surface area contributed by atoms with Crippen molar-refractivity contribution in [3.63, 3.8) is 0 Å². The first-order valence-electron chi connectivity index (χ1n) is 9.12. The van der Waals surface area contributed by atoms with Crippen LogP contribution in [0.5, 0.6) is 0 Å². The molecule has 28 heavy (non-hydrogen) atoms. The van der Waals surface area contributed by atoms with Crippen LogP contribution in [0.4, 0.5) is 0 Å². The number of carbonyl (C=O) groups excluding carboxylic acids is 2. The predicted molar refractivity (Wildman–Crippen MR) is 104 cm³/mol. The van der Waals surface area contributed by atoms with Gasteiger partial charge in [0.1, 0.15) is 6.23 Å². The van der Waals surface area contributed by atoms with Crippen molar-refractivity contribution in [2.75, 3.05) is 46.9 Å². The van der Waals surface area contributed by atoms with Crippen LogP contribution in [0.3, 0.4) is 0 Å². The van der Waals surface area contributed by atoms with Crippen LogP contribution >= 0.6 is 0 Å². The maximum absolute atomic E-state index is 12.8. The number of amides is 2. The fourth-order valence-electron chi connectivity index (χ4n) is 2.72. The van der Waals surface area contributed by atoms with E-state index in [0.717, 1.165) is 18.5 Å². The van der Waals surface area contributed by atoms with Crippen molar-refractivity contribution in [3.05, 3.63) is 29.8 Å². The quantitative estimate of drug-likeness (QED) is 0.441. The summed E-state index contributed by atoms with van der Waals surface area (Å²) < 4.78 is 32.3. The maximum Gasteiger partial charge on any atom is 0.309 e. The zero-order valence-electron chi connectivity index (χ0n) is 16.5. The molecule has 1 fully saturated rings. The number of ether oxygens (including phenoxy) is 1. The number of nitrogens with one attached hydrogen (secondary N) is 2. The molecule has 1 unspecified atom stereocenters. The third-order valence-electron chi connectivity index (χ3n) is 4.28. The van der Waals surface area contributed by atoms with Crippen LogP contribution in [0.1, 0.15) is 12.0 Å². The van der Waals surface area contributed by atoms with Gasteiger partial charge in [0.15, 0.2) is 0 Å². The van der Waals surface area contributed by atoms with Gasteiger partial charge in [-0.1, -0.05) is 17.7 Å². The van der Waals surface area contributed by atoms with Crippen molar-refractivity contribution < 1.29 is 22.7 Å². The Balaban J connectivity index is 1.88. The second kappa shape index (κ2) is 9.97. The van der Waals surface area contributed by atoms with Gasteiger partial charge in [-0.3, -0.25) is 9.59 Å². The Morgan fingerprint density at radius 2 is 1.82 bits per heavy atom. The lowest BCUT2D eigenvalue weighted by Gasteiger charge is -2.23. The van der Waals surface area contributed by atoms with Crippen LogP contribution in [-0.4, -0.2) is 82.5 Å². The Morgan fingerprint density at radius 3 is 2.46 bits per heavy atom. The second-order valence-electron chi connectivity index (χ2n) is 6.88. The van der Waals surface area contributed by atoms with Crippen molar-refractivity contribution in [2.45, 2.75) is 24.5 Å². The zero-order valence-corrected chi connectivity index (χ0v) is 17.3. The van der Waals surface area contributed by atoms with E-state index in [2.05, 4.69) is 10.6 Å². The van der Waals surface area contributed by atoms with Gasteiger partial charge in [0, 0.05) is 13.1 Å². The molecule has 0 bridgehead atoms. The lowest BCUT2D eigenvalue weighted by molar-refractivity contribution is -0.139. The number of aryl methyl sites for hydroxylation is 1. The summed E-state index contributed by atoms with van der Waals surface area (Å²) in [6, 6.07) is 6.53. The lowest BCUT2D eigenvalue weighted by atomic mass is 10.2. The van der Waals surface area contributed by atoms with Crippen LogP contribution in [-0.2, 0) is 24.3 Å². The molecule has 9 nitrogen and oxygen atoms in total. The normalized spacial score (nSPS) is 17.6. The highest BCUT2D eigenvalue weighted by molar-refractivity contribution is 7.89. The topological polar surface area (TPSA) is 108 Å². The molecule has 1 aliphatic rings. The van der Waals surface area contributed by atoms with Crippen LogP contribution in [0.2, 0.25) is 0 Å². The summed E-state index contributed by atoms with van der Waals surface area (Å²) in [5.41, 5.74) is 0.956. The standard InChI is InChI=1S/C18H28N4O5S/c1-14-5-7-15(8-6-14)28(25,26)22-11-12-27-16(22)13-20-18(24)17(23)19-9-4-10-21(2)3/h5-8,16H,4,9-13H2,1-3H3,(H,19,23)(H,20,24). The first-order valence-corrected chi connectivity index (χ1v) is 10.6. The average molecular weight is 413 g/mol. The molecule has 1 saturated heterocycles. The van der Waals surface area contributed by atoms with Gasteiger partial charge in [0.2, 0.25) is 10.0 Å². The molecule has 10 heteroatoms. The molecule has 1 aromatic carbocycles. The summed E-state index contributed by atoms with van der Waals surface area (Å²) in [6.45, 7) is 3.37. The van der Waals surface area contributed by atoms with Crippen molar-refractivity contribution in [2.24, 2.45) is 0 Å². The Kier molecular flexibility index (Phi) is 7.93. The molecule has 2 N–H and O–H groups in total. The highest BCUT2D eigenvalue weighted by atomic mass is 32.2. The predicted octanol–water partition coefficient (Wildman–Crippen LogP) is -0.474. The number of hydrogen-bond donors (Lipinski definition) is 2. The summed E-state index contributed by atoms with van der Waals surface area (Å²) in [5, 5.41) is 4.98. The lowest BCUT2D eigenvalue weighted by Crippen LogP contribution is -2.47. The van der Waals surface area contributed by atoms with E-state index in [0.29, 0.717) is 6.54 Å². The van der Waals surface area contributed by atoms with E-state index in [9.17, 15) is 18.0 Å². The minimum atomic E-state index is -3.75. The smallest absolute Gasteiger partial charge is 0.309 e. The van der Waals surface area contributed by atoms with Crippen molar-refractivity contribution in [1.82, 2.24) is 19.8 Å². The number of benzene rings is 1. The highest BCUT2D eigenvalue weighted by Gasteiger charge is 2.36. The molecular formula is C18H28N4O5S. The van der Waals surface area contributed by atoms with Gasteiger partial charge in [-0.05, 0) is 46.1 Å². The number of rotatable bonds is 8. The second-order valence-corrected chi connectivity index (χ2v) is 8.77. The Bertz CT molecular complexity index is 780. The third kappa shape index (κ3) is 5.99. The number of hydrogen-bond acceptors (Lipinski definition) is 6. The monoisotopic (exact) mass is 412 g/mol. The highest BCUT2D eigenvalue weighted by Crippen LogP contribution is 2.22. The molecule has 1 aromatic rings. The van der Waals surface area contributed by atoms with Crippen molar-refractivity contribution >= 4 is 21.8 Å². The summed E-state index contributed by atoms with van der Waals surface area (Å²) >= 11 is 0. The van der Waals surface area contributed by atoms with E-state index < -0.39 is 28.1 Å². The first kappa shape index (κ1) is 22.3. The van der Waals surface area contributed by atoms with Gasteiger partial charge in [0.05, 0.1) is 18.0 Å². The molecule has 156 valence electrons. The van der Waals surface area contributed by atoms with E-state index in [1.807, 2.05) is 25.9 Å². The molecule has 0 saturated carbocycles. The molecule has 1 heterocycles. The molecule has 0 radical (unpaired) electrons. The molecule has 0 aliphatic carbocycles. The van der Waals surface area contributed by atoms with E-state index in [4.69, 9.17) is 4.74 Å². The molecule has 0 spiro atoms. The Morgan fingerprint density at radius 1 is 1.18 bits per heavy atom. The maximum atomic E-state index is 12.8. The summed E-state index contributed by atoms with van der Waals surface area (Å²) in [5.74, 6) is -1.56. The van der Waals surface area contributed by atoms with Gasteiger partial charge in [-0.2, -0.15) is 4.31 Å². The Hall–Kier alpha value is -2.01.